The maximum absolute atomic E-state index is 12.1. The zero-order valence-corrected chi connectivity index (χ0v) is 17.6. The second-order valence-corrected chi connectivity index (χ2v) is 7.06. The van der Waals surface area contributed by atoms with E-state index in [1.54, 1.807) is 42.5 Å². The molecule has 0 amide bonds. The molecule has 0 saturated carbocycles. The molecule has 0 bridgehead atoms. The summed E-state index contributed by atoms with van der Waals surface area (Å²) < 4.78 is 0. The standard InChI is InChI=1S/C14H10O3.C14H12O/c15-13(10-6-2-1-3-7-10)11-8-4-5-9-12(11)14(16)17;1-11-7-5-6-10-13(11)14(15)12-8-3-2-4-9-12/h1-9H,(H,16,17);2-10H,1H3. The zero-order valence-electron chi connectivity index (χ0n) is 17.6. The SMILES string of the molecule is Cc1ccccc1C(=O)c1ccccc1.O=C(O)c1ccccc1C(=O)c1ccccc1. The van der Waals surface area contributed by atoms with Gasteiger partial charge in [0, 0.05) is 22.3 Å². The number of carboxylic acid groups (broad SMARTS) is 1. The van der Waals surface area contributed by atoms with Crippen LogP contribution in [0.15, 0.2) is 109 Å². The second kappa shape index (κ2) is 10.6. The Balaban J connectivity index is 0.000000182. The first kappa shape index (κ1) is 22.4. The van der Waals surface area contributed by atoms with Crippen molar-refractivity contribution >= 4 is 17.5 Å². The number of hydrogen-bond acceptors (Lipinski definition) is 3. The van der Waals surface area contributed by atoms with Crippen molar-refractivity contribution in [1.29, 1.82) is 0 Å². The Kier molecular flexibility index (Phi) is 7.44. The molecule has 32 heavy (non-hydrogen) atoms. The van der Waals surface area contributed by atoms with Gasteiger partial charge in [0.2, 0.25) is 0 Å². The van der Waals surface area contributed by atoms with Crippen molar-refractivity contribution in [3.05, 3.63) is 143 Å². The highest BCUT2D eigenvalue weighted by molar-refractivity contribution is 6.14. The van der Waals surface area contributed by atoms with Gasteiger partial charge in [0.1, 0.15) is 0 Å². The van der Waals surface area contributed by atoms with Crippen LogP contribution < -0.4 is 0 Å². The first-order valence-electron chi connectivity index (χ1n) is 10.1. The normalized spacial score (nSPS) is 9.91. The van der Waals surface area contributed by atoms with E-state index >= 15 is 0 Å². The summed E-state index contributed by atoms with van der Waals surface area (Å²) in [4.78, 5) is 35.2. The molecule has 4 heteroatoms. The lowest BCUT2D eigenvalue weighted by atomic mass is 9.98. The van der Waals surface area contributed by atoms with Crippen molar-refractivity contribution in [3.8, 4) is 0 Å². The number of ketones is 2. The van der Waals surface area contributed by atoms with Gasteiger partial charge in [0.15, 0.2) is 11.6 Å². The maximum Gasteiger partial charge on any atom is 0.336 e. The molecule has 0 unspecified atom stereocenters. The predicted octanol–water partition coefficient (Wildman–Crippen LogP) is 5.84. The van der Waals surface area contributed by atoms with Crippen molar-refractivity contribution in [3.63, 3.8) is 0 Å². The van der Waals surface area contributed by atoms with Crippen LogP contribution in [0.2, 0.25) is 0 Å². The molecule has 0 fully saturated rings. The fourth-order valence-corrected chi connectivity index (χ4v) is 3.19. The third-order valence-electron chi connectivity index (χ3n) is 4.86. The lowest BCUT2D eigenvalue weighted by Crippen LogP contribution is -2.09. The van der Waals surface area contributed by atoms with Crippen molar-refractivity contribution in [2.24, 2.45) is 0 Å². The third-order valence-corrected chi connectivity index (χ3v) is 4.86. The number of carbonyl (C=O) groups is 3. The zero-order chi connectivity index (χ0) is 22.9. The molecular weight excluding hydrogens is 400 g/mol. The summed E-state index contributed by atoms with van der Waals surface area (Å²) in [5.41, 5.74) is 3.27. The Labute approximate surface area is 186 Å². The number of carboxylic acids is 1. The summed E-state index contributed by atoms with van der Waals surface area (Å²) in [6.45, 7) is 1.95. The number of rotatable bonds is 5. The van der Waals surface area contributed by atoms with Gasteiger partial charge >= 0.3 is 5.97 Å². The Morgan fingerprint density at radius 3 is 1.34 bits per heavy atom. The van der Waals surface area contributed by atoms with E-state index in [2.05, 4.69) is 0 Å². The molecule has 4 aromatic rings. The Morgan fingerprint density at radius 2 is 0.875 bits per heavy atom. The fraction of sp³-hybridized carbons (Fsp3) is 0.0357. The highest BCUT2D eigenvalue weighted by Crippen LogP contribution is 2.15. The Morgan fingerprint density at radius 1 is 0.500 bits per heavy atom. The molecule has 4 aromatic carbocycles. The first-order chi connectivity index (χ1) is 15.5. The largest absolute Gasteiger partial charge is 0.478 e. The number of hydrogen-bond donors (Lipinski definition) is 1. The number of benzene rings is 4. The molecule has 0 spiro atoms. The molecule has 0 aromatic heterocycles. The highest BCUT2D eigenvalue weighted by Gasteiger charge is 2.16. The van der Waals surface area contributed by atoms with Crippen molar-refractivity contribution < 1.29 is 19.5 Å². The summed E-state index contributed by atoms with van der Waals surface area (Å²) in [5, 5.41) is 9.01. The van der Waals surface area contributed by atoms with Crippen LogP contribution in [-0.2, 0) is 0 Å². The van der Waals surface area contributed by atoms with Crippen molar-refractivity contribution in [1.82, 2.24) is 0 Å². The molecule has 0 saturated heterocycles. The van der Waals surface area contributed by atoms with Gasteiger partial charge in [-0.2, -0.15) is 0 Å². The molecule has 1 N–H and O–H groups in total. The molecule has 0 heterocycles. The molecule has 0 aliphatic carbocycles. The molecule has 158 valence electrons. The van der Waals surface area contributed by atoms with Crippen LogP contribution in [0.3, 0.4) is 0 Å². The quantitative estimate of drug-likeness (QED) is 0.410. The molecule has 0 radical (unpaired) electrons. The number of carbonyl (C=O) groups excluding carboxylic acids is 2. The third kappa shape index (κ3) is 5.43. The van der Waals surface area contributed by atoms with Crippen LogP contribution in [0.25, 0.3) is 0 Å². The molecule has 4 rings (SSSR count). The fourth-order valence-electron chi connectivity index (χ4n) is 3.19. The summed E-state index contributed by atoms with van der Waals surface area (Å²) in [6.07, 6.45) is 0. The molecule has 0 aliphatic heterocycles. The van der Waals surface area contributed by atoms with Crippen LogP contribution in [-0.4, -0.2) is 22.6 Å². The van der Waals surface area contributed by atoms with Crippen molar-refractivity contribution in [2.75, 3.05) is 0 Å². The van der Waals surface area contributed by atoms with Gasteiger partial charge in [0.25, 0.3) is 0 Å². The van der Waals surface area contributed by atoms with E-state index in [-0.39, 0.29) is 22.7 Å². The van der Waals surface area contributed by atoms with E-state index < -0.39 is 5.97 Å². The monoisotopic (exact) mass is 422 g/mol. The summed E-state index contributed by atoms with van der Waals surface area (Å²) in [5.74, 6) is -1.28. The summed E-state index contributed by atoms with van der Waals surface area (Å²) in [7, 11) is 0. The minimum Gasteiger partial charge on any atom is -0.478 e. The lowest BCUT2D eigenvalue weighted by molar-refractivity contribution is 0.0692. The van der Waals surface area contributed by atoms with Gasteiger partial charge in [-0.1, -0.05) is 103 Å². The highest BCUT2D eigenvalue weighted by atomic mass is 16.4. The van der Waals surface area contributed by atoms with E-state index in [9.17, 15) is 14.4 Å². The number of aromatic carboxylic acids is 1. The summed E-state index contributed by atoms with van der Waals surface area (Å²) >= 11 is 0. The van der Waals surface area contributed by atoms with Crippen molar-refractivity contribution in [2.45, 2.75) is 6.92 Å². The van der Waals surface area contributed by atoms with Crippen LogP contribution in [0.1, 0.15) is 47.8 Å². The molecular formula is C28H22O4. The molecule has 0 aliphatic rings. The first-order valence-corrected chi connectivity index (χ1v) is 10.1. The average molecular weight is 422 g/mol. The van der Waals surface area contributed by atoms with Gasteiger partial charge < -0.3 is 5.11 Å². The van der Waals surface area contributed by atoms with E-state index in [0.717, 1.165) is 16.7 Å². The smallest absolute Gasteiger partial charge is 0.336 e. The van der Waals surface area contributed by atoms with Gasteiger partial charge in [-0.25, -0.2) is 4.79 Å². The van der Waals surface area contributed by atoms with E-state index in [1.165, 1.54) is 12.1 Å². The molecule has 0 atom stereocenters. The maximum atomic E-state index is 12.1. The van der Waals surface area contributed by atoms with Crippen LogP contribution in [0.4, 0.5) is 0 Å². The lowest BCUT2D eigenvalue weighted by Gasteiger charge is -2.04. The van der Waals surface area contributed by atoms with E-state index in [4.69, 9.17) is 5.11 Å². The van der Waals surface area contributed by atoms with E-state index in [0.29, 0.717) is 5.56 Å². The number of aryl methyl sites for hydroxylation is 1. The minimum absolute atomic E-state index is 0.0290. The van der Waals surface area contributed by atoms with Gasteiger partial charge in [-0.05, 0) is 18.6 Å². The van der Waals surface area contributed by atoms with Gasteiger partial charge in [-0.3, -0.25) is 9.59 Å². The molecule has 4 nitrogen and oxygen atoms in total. The second-order valence-electron chi connectivity index (χ2n) is 7.06. The Bertz CT molecular complexity index is 1230. The van der Waals surface area contributed by atoms with Gasteiger partial charge in [-0.15, -0.1) is 0 Å². The van der Waals surface area contributed by atoms with Crippen LogP contribution in [0.5, 0.6) is 0 Å². The van der Waals surface area contributed by atoms with Gasteiger partial charge in [0.05, 0.1) is 5.56 Å². The average Bonchev–Trinajstić information content (AvgIpc) is 2.85. The van der Waals surface area contributed by atoms with Crippen LogP contribution in [0, 0.1) is 6.92 Å². The van der Waals surface area contributed by atoms with Crippen LogP contribution >= 0.6 is 0 Å². The minimum atomic E-state index is -1.09. The van der Waals surface area contributed by atoms with E-state index in [1.807, 2.05) is 61.5 Å². The predicted molar refractivity (Wildman–Crippen MR) is 124 cm³/mol. The summed E-state index contributed by atoms with van der Waals surface area (Å²) in [6, 6.07) is 31.9. The topological polar surface area (TPSA) is 71.4 Å². The Hall–Kier alpha value is -4.31.